The van der Waals surface area contributed by atoms with Gasteiger partial charge >= 0.3 is 0 Å². The number of anilines is 1. The fourth-order valence-electron chi connectivity index (χ4n) is 2.83. The van der Waals surface area contributed by atoms with Gasteiger partial charge in [0, 0.05) is 43.3 Å². The topological polar surface area (TPSA) is 42.1 Å². The third-order valence-electron chi connectivity index (χ3n) is 4.05. The molecule has 1 aromatic carbocycles. The molecule has 0 saturated heterocycles. The molecule has 0 amide bonds. The van der Waals surface area contributed by atoms with E-state index < -0.39 is 0 Å². The van der Waals surface area contributed by atoms with E-state index in [2.05, 4.69) is 41.2 Å². The maximum Gasteiger partial charge on any atom is 0.0396 e. The molecule has 1 aliphatic rings. The monoisotopic (exact) mass is 267 g/mol. The fraction of sp³-hybridized carbons (Fsp3) is 0.353. The Labute approximate surface area is 120 Å². The molecule has 3 rings (SSSR count). The standard InChI is InChI=1S/C17H21N3/c1-12(18)15-9-16(11-19-10-15)13-5-6-17-14(8-13)4-3-7-20(17)2/h5-6,8-12H,3-4,7,18H2,1-2H3. The lowest BCUT2D eigenvalue weighted by Crippen LogP contribution is -2.24. The van der Waals surface area contributed by atoms with Gasteiger partial charge in [-0.1, -0.05) is 6.07 Å². The highest BCUT2D eigenvalue weighted by atomic mass is 15.1. The lowest BCUT2D eigenvalue weighted by atomic mass is 9.96. The van der Waals surface area contributed by atoms with Crippen molar-refractivity contribution in [2.75, 3.05) is 18.5 Å². The molecular formula is C17H21N3. The van der Waals surface area contributed by atoms with E-state index in [1.165, 1.54) is 23.2 Å². The van der Waals surface area contributed by atoms with Crippen LogP contribution in [0.25, 0.3) is 11.1 Å². The van der Waals surface area contributed by atoms with Gasteiger partial charge in [-0.3, -0.25) is 4.98 Å². The average Bonchev–Trinajstić information content (AvgIpc) is 2.47. The Bertz CT molecular complexity index is 619. The average molecular weight is 267 g/mol. The maximum atomic E-state index is 5.94. The number of benzene rings is 1. The Balaban J connectivity index is 2.00. The summed E-state index contributed by atoms with van der Waals surface area (Å²) in [6.45, 7) is 3.14. The molecule has 0 aliphatic carbocycles. The summed E-state index contributed by atoms with van der Waals surface area (Å²) < 4.78 is 0. The van der Waals surface area contributed by atoms with Crippen LogP contribution < -0.4 is 10.6 Å². The first kappa shape index (κ1) is 13.1. The Morgan fingerprint density at radius 1 is 1.20 bits per heavy atom. The van der Waals surface area contributed by atoms with Gasteiger partial charge in [0.2, 0.25) is 0 Å². The number of hydrogen-bond acceptors (Lipinski definition) is 3. The van der Waals surface area contributed by atoms with Crippen molar-refractivity contribution in [2.24, 2.45) is 5.73 Å². The minimum atomic E-state index is 0.0196. The van der Waals surface area contributed by atoms with Gasteiger partial charge in [-0.15, -0.1) is 0 Å². The van der Waals surface area contributed by atoms with Crippen molar-refractivity contribution in [1.82, 2.24) is 4.98 Å². The predicted octanol–water partition coefficient (Wildman–Crippen LogP) is 3.15. The van der Waals surface area contributed by atoms with Crippen LogP contribution in [0.3, 0.4) is 0 Å². The zero-order valence-electron chi connectivity index (χ0n) is 12.1. The van der Waals surface area contributed by atoms with Gasteiger partial charge in [-0.25, -0.2) is 0 Å². The summed E-state index contributed by atoms with van der Waals surface area (Å²) in [5.41, 5.74) is 12.2. The molecule has 2 aromatic rings. The number of pyridine rings is 1. The number of nitrogens with zero attached hydrogens (tertiary/aromatic N) is 2. The highest BCUT2D eigenvalue weighted by molar-refractivity contribution is 5.69. The zero-order chi connectivity index (χ0) is 14.1. The molecule has 0 saturated carbocycles. The maximum absolute atomic E-state index is 5.94. The molecule has 2 heterocycles. The first-order chi connectivity index (χ1) is 9.65. The van der Waals surface area contributed by atoms with Gasteiger partial charge in [-0.05, 0) is 54.7 Å². The van der Waals surface area contributed by atoms with Crippen molar-refractivity contribution < 1.29 is 0 Å². The largest absolute Gasteiger partial charge is 0.374 e. The van der Waals surface area contributed by atoms with Crippen molar-refractivity contribution in [3.05, 3.63) is 47.8 Å². The van der Waals surface area contributed by atoms with Gasteiger partial charge in [0.05, 0.1) is 0 Å². The summed E-state index contributed by atoms with van der Waals surface area (Å²) in [5.74, 6) is 0. The third-order valence-corrected chi connectivity index (χ3v) is 4.05. The Morgan fingerprint density at radius 3 is 2.85 bits per heavy atom. The van der Waals surface area contributed by atoms with Crippen LogP contribution in [0, 0.1) is 0 Å². The number of fused-ring (bicyclic) bond motifs is 1. The highest BCUT2D eigenvalue weighted by Gasteiger charge is 2.14. The molecule has 1 unspecified atom stereocenters. The van der Waals surface area contributed by atoms with Gasteiger partial charge < -0.3 is 10.6 Å². The minimum absolute atomic E-state index is 0.0196. The molecule has 1 atom stereocenters. The van der Waals surface area contributed by atoms with Crippen LogP contribution in [0.5, 0.6) is 0 Å². The van der Waals surface area contributed by atoms with E-state index >= 15 is 0 Å². The number of aromatic nitrogens is 1. The molecule has 0 bridgehead atoms. The van der Waals surface area contributed by atoms with E-state index in [9.17, 15) is 0 Å². The van der Waals surface area contributed by atoms with Crippen molar-refractivity contribution in [2.45, 2.75) is 25.8 Å². The van der Waals surface area contributed by atoms with Crippen LogP contribution in [-0.4, -0.2) is 18.6 Å². The minimum Gasteiger partial charge on any atom is -0.374 e. The molecule has 2 N–H and O–H groups in total. The molecule has 0 radical (unpaired) electrons. The molecule has 0 fully saturated rings. The normalized spacial score (nSPS) is 15.8. The van der Waals surface area contributed by atoms with Gasteiger partial charge in [0.1, 0.15) is 0 Å². The number of hydrogen-bond donors (Lipinski definition) is 1. The van der Waals surface area contributed by atoms with E-state index in [4.69, 9.17) is 5.73 Å². The molecular weight excluding hydrogens is 246 g/mol. The Kier molecular flexibility index (Phi) is 3.45. The lowest BCUT2D eigenvalue weighted by molar-refractivity contribution is 0.745. The van der Waals surface area contributed by atoms with Gasteiger partial charge in [0.15, 0.2) is 0 Å². The molecule has 104 valence electrons. The number of nitrogens with two attached hydrogens (primary N) is 1. The lowest BCUT2D eigenvalue weighted by Gasteiger charge is -2.27. The smallest absolute Gasteiger partial charge is 0.0396 e. The molecule has 1 aliphatic heterocycles. The molecule has 0 spiro atoms. The van der Waals surface area contributed by atoms with E-state index in [1.807, 2.05) is 19.3 Å². The first-order valence-corrected chi connectivity index (χ1v) is 7.20. The molecule has 3 heteroatoms. The van der Waals surface area contributed by atoms with Crippen molar-refractivity contribution >= 4 is 5.69 Å². The summed E-state index contributed by atoms with van der Waals surface area (Å²) in [5, 5.41) is 0. The fourth-order valence-corrected chi connectivity index (χ4v) is 2.83. The van der Waals surface area contributed by atoms with E-state index in [-0.39, 0.29) is 6.04 Å². The highest BCUT2D eigenvalue weighted by Crippen LogP contribution is 2.31. The van der Waals surface area contributed by atoms with Gasteiger partial charge in [-0.2, -0.15) is 0 Å². The zero-order valence-corrected chi connectivity index (χ0v) is 12.1. The van der Waals surface area contributed by atoms with Crippen LogP contribution in [0.1, 0.15) is 30.5 Å². The van der Waals surface area contributed by atoms with Crippen molar-refractivity contribution in [3.63, 3.8) is 0 Å². The Hall–Kier alpha value is -1.87. The summed E-state index contributed by atoms with van der Waals surface area (Å²) in [6, 6.07) is 8.87. The molecule has 1 aromatic heterocycles. The number of aryl methyl sites for hydroxylation is 1. The first-order valence-electron chi connectivity index (χ1n) is 7.20. The Morgan fingerprint density at radius 2 is 2.05 bits per heavy atom. The van der Waals surface area contributed by atoms with Crippen molar-refractivity contribution in [1.29, 1.82) is 0 Å². The summed E-state index contributed by atoms with van der Waals surface area (Å²) in [7, 11) is 2.16. The third kappa shape index (κ3) is 2.41. The van der Waals surface area contributed by atoms with Crippen LogP contribution >= 0.6 is 0 Å². The SMILES string of the molecule is CC(N)c1cncc(-c2ccc3c(c2)CCCN3C)c1. The molecule has 3 nitrogen and oxygen atoms in total. The number of rotatable bonds is 2. The second kappa shape index (κ2) is 5.25. The van der Waals surface area contributed by atoms with Crippen molar-refractivity contribution in [3.8, 4) is 11.1 Å². The van der Waals surface area contributed by atoms with E-state index in [0.717, 1.165) is 24.1 Å². The summed E-state index contributed by atoms with van der Waals surface area (Å²) in [4.78, 5) is 6.65. The van der Waals surface area contributed by atoms with E-state index in [1.54, 1.807) is 0 Å². The molecule has 20 heavy (non-hydrogen) atoms. The quantitative estimate of drug-likeness (QED) is 0.909. The predicted molar refractivity (Wildman–Crippen MR) is 83.9 cm³/mol. The van der Waals surface area contributed by atoms with Crippen LogP contribution in [0.15, 0.2) is 36.7 Å². The summed E-state index contributed by atoms with van der Waals surface area (Å²) in [6.07, 6.45) is 6.15. The second-order valence-corrected chi connectivity index (χ2v) is 5.66. The van der Waals surface area contributed by atoms with Crippen LogP contribution in [0.4, 0.5) is 5.69 Å². The summed E-state index contributed by atoms with van der Waals surface area (Å²) >= 11 is 0. The van der Waals surface area contributed by atoms with Crippen LogP contribution in [0.2, 0.25) is 0 Å². The van der Waals surface area contributed by atoms with E-state index in [0.29, 0.717) is 0 Å². The van der Waals surface area contributed by atoms with Gasteiger partial charge in [0.25, 0.3) is 0 Å². The second-order valence-electron chi connectivity index (χ2n) is 5.66. The van der Waals surface area contributed by atoms with Crippen LogP contribution in [-0.2, 0) is 6.42 Å².